The van der Waals surface area contributed by atoms with E-state index < -0.39 is 6.10 Å². The van der Waals surface area contributed by atoms with Crippen LogP contribution in [0.2, 0.25) is 10.0 Å². The number of fused-ring (bicyclic) bond motifs is 3. The summed E-state index contributed by atoms with van der Waals surface area (Å²) in [4.78, 5) is 75.2. The number of carbonyl (C=O) groups is 4. The van der Waals surface area contributed by atoms with Gasteiger partial charge in [0.15, 0.2) is 14.7 Å². The predicted molar refractivity (Wildman–Crippen MR) is 309 cm³/mol. The molecule has 4 amide bonds. The zero-order valence-corrected chi connectivity index (χ0v) is 46.6. The fourth-order valence-corrected chi connectivity index (χ4v) is 12.5. The summed E-state index contributed by atoms with van der Waals surface area (Å²) in [5, 5.41) is 14.0. The molecule has 9 aromatic rings. The van der Waals surface area contributed by atoms with E-state index in [2.05, 4.69) is 73.0 Å². The zero-order chi connectivity index (χ0) is 51.5. The molecule has 10 rings (SSSR count). The number of H-pyrrole nitrogens is 2. The van der Waals surface area contributed by atoms with Crippen LogP contribution in [0.3, 0.4) is 0 Å². The number of hydrogen-bond acceptors (Lipinski definition) is 13. The quantitative estimate of drug-likeness (QED) is 0.0501. The molecule has 23 heteroatoms. The van der Waals surface area contributed by atoms with E-state index in [1.807, 2.05) is 78.9 Å². The smallest absolute Gasteiger partial charge is 0.234 e. The number of morpholine rings is 1. The molecule has 1 unspecified atom stereocenters. The molecule has 1 aliphatic rings. The number of aromatic nitrogens is 5. The van der Waals surface area contributed by atoms with Crippen LogP contribution >= 0.6 is 102 Å². The molecule has 15 nitrogen and oxygen atoms in total. The minimum Gasteiger partial charge on any atom is -0.370 e. The average Bonchev–Trinajstić information content (AvgIpc) is 4.13. The van der Waals surface area contributed by atoms with Crippen LogP contribution in [0.4, 0.5) is 28.4 Å². The van der Waals surface area contributed by atoms with Crippen LogP contribution in [0.15, 0.2) is 133 Å². The van der Waals surface area contributed by atoms with Crippen molar-refractivity contribution >= 4 is 186 Å². The normalized spacial score (nSPS) is 13.6. The first-order chi connectivity index (χ1) is 35.8. The van der Waals surface area contributed by atoms with Gasteiger partial charge in [-0.1, -0.05) is 98.7 Å². The lowest BCUT2D eigenvalue weighted by atomic mass is 9.99. The maximum atomic E-state index is 14.0. The number of carbonyl (C=O) groups excluding carboxylic acids is 4. The summed E-state index contributed by atoms with van der Waals surface area (Å²) < 4.78 is 9.48. The molecule has 0 aliphatic carbocycles. The van der Waals surface area contributed by atoms with Crippen LogP contribution in [0.5, 0.6) is 0 Å². The van der Waals surface area contributed by atoms with Gasteiger partial charge in [0.25, 0.3) is 0 Å². The number of para-hydroxylation sites is 3. The summed E-state index contributed by atoms with van der Waals surface area (Å²) in [5.41, 5.74) is 8.97. The molecule has 1 atom stereocenters. The molecule has 0 saturated carbocycles. The van der Waals surface area contributed by atoms with Crippen LogP contribution in [-0.2, 0) is 23.9 Å². The van der Waals surface area contributed by atoms with E-state index in [4.69, 9.17) is 37.9 Å². The van der Waals surface area contributed by atoms with E-state index >= 15 is 0 Å². The van der Waals surface area contributed by atoms with Crippen molar-refractivity contribution in [1.82, 2.24) is 24.9 Å². The highest BCUT2D eigenvalue weighted by molar-refractivity contribution is 9.10. The fourth-order valence-electron chi connectivity index (χ4n) is 8.18. The highest BCUT2D eigenvalue weighted by Crippen LogP contribution is 2.44. The van der Waals surface area contributed by atoms with Crippen molar-refractivity contribution in [2.45, 2.75) is 27.7 Å². The molecule has 0 spiro atoms. The second-order valence-corrected chi connectivity index (χ2v) is 23.4. The van der Waals surface area contributed by atoms with Crippen LogP contribution in [-0.4, -0.2) is 85.5 Å². The van der Waals surface area contributed by atoms with Crippen LogP contribution in [0.25, 0.3) is 43.4 Å². The monoisotopic (exact) mass is 1230 g/mol. The number of aromatic amines is 2. The largest absolute Gasteiger partial charge is 0.370 e. The van der Waals surface area contributed by atoms with E-state index in [1.165, 1.54) is 53.5 Å². The number of nitrogens with one attached hydrogen (secondary N) is 6. The maximum Gasteiger partial charge on any atom is 0.234 e. The molecule has 0 bridgehead atoms. The molecule has 1 saturated heterocycles. The van der Waals surface area contributed by atoms with Crippen molar-refractivity contribution in [3.63, 3.8) is 0 Å². The van der Waals surface area contributed by atoms with E-state index in [0.29, 0.717) is 84.0 Å². The fraction of sp³-hybridized carbons (Fsp3) is 0.157. The van der Waals surface area contributed by atoms with Crippen molar-refractivity contribution in [3.8, 4) is 11.1 Å². The number of anilines is 5. The van der Waals surface area contributed by atoms with Gasteiger partial charge < -0.3 is 40.9 Å². The summed E-state index contributed by atoms with van der Waals surface area (Å²) in [7, 11) is 0. The van der Waals surface area contributed by atoms with Gasteiger partial charge >= 0.3 is 0 Å². The van der Waals surface area contributed by atoms with Gasteiger partial charge in [-0.15, -0.1) is 11.3 Å². The van der Waals surface area contributed by atoms with Crippen LogP contribution in [0.1, 0.15) is 18.6 Å². The Hall–Kier alpha value is -5.62. The first-order valence-electron chi connectivity index (χ1n) is 22.6. The van der Waals surface area contributed by atoms with Crippen molar-refractivity contribution < 1.29 is 23.9 Å². The minimum atomic E-state index is -0.417. The lowest BCUT2D eigenvalue weighted by Crippen LogP contribution is -2.38. The Balaban J connectivity index is 0.905. The Morgan fingerprint density at radius 1 is 0.703 bits per heavy atom. The number of imidazole rings is 2. The standard InChI is InChI=1S/C51H40Br2Cl2N10O5S4/c1-26(66)56-29-11-14-39-44(19-29)74-51(63-39)73-25-47(69)59-41-21-35(55)42(20-32(41)31-17-27(52)9-13-36(31)58-46(68)24-71-49-60-37-6-2-3-7-38(37)61-49)65-15-16-70-43(22-65)30-5-4-8-40-48(30)64-50(62-40)72-23-45(67)57-28-10-12-33(53)34(54)18-28/h2-14,17-21,43H,15-16,22-25H2,1H3,(H,56,66)(H,57,67)(H,58,68)(H,59,69)(H,60,61)(H,62,64). The predicted octanol–water partition coefficient (Wildman–Crippen LogP) is 13.3. The Morgan fingerprint density at radius 2 is 1.41 bits per heavy atom. The Labute approximate surface area is 466 Å². The molecule has 376 valence electrons. The van der Waals surface area contributed by atoms with Crippen molar-refractivity contribution in [2.24, 2.45) is 0 Å². The molecule has 74 heavy (non-hydrogen) atoms. The van der Waals surface area contributed by atoms with Gasteiger partial charge in [-0.3, -0.25) is 19.2 Å². The lowest BCUT2D eigenvalue weighted by Gasteiger charge is -2.36. The van der Waals surface area contributed by atoms with Crippen molar-refractivity contribution in [3.05, 3.63) is 134 Å². The number of halogens is 4. The van der Waals surface area contributed by atoms with Gasteiger partial charge in [0.05, 0.1) is 77.6 Å². The molecule has 6 N–H and O–H groups in total. The summed E-state index contributed by atoms with van der Waals surface area (Å²) >= 11 is 25.8. The number of amides is 4. The molecular formula is C51H40Br2Cl2N10O5S4. The van der Waals surface area contributed by atoms with Gasteiger partial charge in [-0.25, -0.2) is 15.0 Å². The first-order valence-corrected chi connectivity index (χ1v) is 28.7. The number of rotatable bonds is 16. The maximum absolute atomic E-state index is 14.0. The van der Waals surface area contributed by atoms with Crippen LogP contribution in [0, 0.1) is 0 Å². The lowest BCUT2D eigenvalue weighted by molar-refractivity contribution is -0.115. The second-order valence-electron chi connectivity index (χ2n) is 16.7. The highest BCUT2D eigenvalue weighted by Gasteiger charge is 2.28. The third-order valence-electron chi connectivity index (χ3n) is 11.5. The third-order valence-corrected chi connectivity index (χ3v) is 17.4. The molecule has 6 aromatic carbocycles. The molecular weight excluding hydrogens is 1190 g/mol. The van der Waals surface area contributed by atoms with Gasteiger partial charge in [0, 0.05) is 62.7 Å². The summed E-state index contributed by atoms with van der Waals surface area (Å²) in [5.74, 6) is -0.697. The number of thioether (sulfide) groups is 3. The number of hydrogen-bond donors (Lipinski definition) is 6. The van der Waals surface area contributed by atoms with E-state index in [1.54, 1.807) is 30.3 Å². The van der Waals surface area contributed by atoms with E-state index in [0.717, 1.165) is 46.8 Å². The Kier molecular flexibility index (Phi) is 16.2. The third kappa shape index (κ3) is 12.4. The Morgan fingerprint density at radius 3 is 2.20 bits per heavy atom. The second kappa shape index (κ2) is 23.1. The Bertz CT molecular complexity index is 3620. The number of nitrogens with zero attached hydrogens (tertiary/aromatic N) is 4. The van der Waals surface area contributed by atoms with Gasteiger partial charge in [0.1, 0.15) is 6.10 Å². The summed E-state index contributed by atoms with van der Waals surface area (Å²) in [6.45, 7) is 2.74. The molecule has 1 fully saturated rings. The first kappa shape index (κ1) is 51.8. The molecule has 3 aromatic heterocycles. The zero-order valence-electron chi connectivity index (χ0n) is 38.7. The van der Waals surface area contributed by atoms with E-state index in [9.17, 15) is 19.2 Å². The molecule has 4 heterocycles. The highest BCUT2D eigenvalue weighted by atomic mass is 79.9. The van der Waals surface area contributed by atoms with Gasteiger partial charge in [-0.2, -0.15) is 0 Å². The number of benzene rings is 6. The van der Waals surface area contributed by atoms with Crippen LogP contribution < -0.4 is 26.2 Å². The molecule has 0 radical (unpaired) electrons. The van der Waals surface area contributed by atoms with Gasteiger partial charge in [-0.05, 0) is 101 Å². The SMILES string of the molecule is CC(=O)Nc1ccc2nc(SCC(=O)Nc3cc(Cl)c(N4CCOC(c5cccc6[nH]c(SCC(=O)Nc7ccc(Br)c(Cl)c7)nc56)C4)cc3-c3cc(Br)ccc3NC(=O)CSc3nc4ccccc4[nH]3)sc2c1. The molecule has 1 aliphatic heterocycles. The van der Waals surface area contributed by atoms with Gasteiger partial charge in [0.2, 0.25) is 23.6 Å². The topological polar surface area (TPSA) is 199 Å². The van der Waals surface area contributed by atoms with E-state index in [-0.39, 0.29) is 40.9 Å². The minimum absolute atomic E-state index is 0.0386. The van der Waals surface area contributed by atoms with Crippen molar-refractivity contribution in [1.29, 1.82) is 0 Å². The number of ether oxygens (including phenoxy) is 1. The van der Waals surface area contributed by atoms with Crippen molar-refractivity contribution in [2.75, 3.05) is 63.1 Å². The average molecular weight is 1230 g/mol. The summed E-state index contributed by atoms with van der Waals surface area (Å²) in [6, 6.07) is 33.5. The number of thiazole rings is 1. The summed E-state index contributed by atoms with van der Waals surface area (Å²) in [6.07, 6.45) is -0.417.